The Bertz CT molecular complexity index is 341. The van der Waals surface area contributed by atoms with Gasteiger partial charge in [0.15, 0.2) is 5.11 Å². The zero-order valence-corrected chi connectivity index (χ0v) is 10.6. The Morgan fingerprint density at radius 3 is 3.00 bits per heavy atom. The molecular formula is C10H17N3O2S. The lowest BCUT2D eigenvalue weighted by Crippen LogP contribution is -2.42. The van der Waals surface area contributed by atoms with Crippen molar-refractivity contribution in [2.45, 2.75) is 26.4 Å². The van der Waals surface area contributed by atoms with Gasteiger partial charge in [-0.1, -0.05) is 0 Å². The second-order valence-corrected chi connectivity index (χ2v) is 3.96. The molecule has 0 spiro atoms. The number of thiocarbonyl (C=S) groups is 1. The maximum atomic E-state index is 5.30. The molecule has 0 aliphatic carbocycles. The molecule has 16 heavy (non-hydrogen) atoms. The SMILES string of the molecule is COCC(C)NC(=S)NCc1ncc(C)o1. The molecule has 5 nitrogen and oxygen atoms in total. The van der Waals surface area contributed by atoms with Crippen LogP contribution in [0, 0.1) is 6.92 Å². The highest BCUT2D eigenvalue weighted by Gasteiger charge is 2.05. The second-order valence-electron chi connectivity index (χ2n) is 3.55. The van der Waals surface area contributed by atoms with Crippen molar-refractivity contribution in [3.8, 4) is 0 Å². The predicted octanol–water partition coefficient (Wildman–Crippen LogP) is 0.982. The Balaban J connectivity index is 2.25. The zero-order valence-electron chi connectivity index (χ0n) is 9.74. The maximum Gasteiger partial charge on any atom is 0.213 e. The second kappa shape index (κ2) is 6.44. The molecular weight excluding hydrogens is 226 g/mol. The fourth-order valence-electron chi connectivity index (χ4n) is 1.21. The third-order valence-corrected chi connectivity index (χ3v) is 2.13. The number of aromatic nitrogens is 1. The van der Waals surface area contributed by atoms with Crippen molar-refractivity contribution >= 4 is 17.3 Å². The Labute approximate surface area is 101 Å². The summed E-state index contributed by atoms with van der Waals surface area (Å²) in [7, 11) is 1.66. The molecule has 90 valence electrons. The Morgan fingerprint density at radius 2 is 2.44 bits per heavy atom. The Kier molecular flexibility index (Phi) is 5.21. The average Bonchev–Trinajstić information content (AvgIpc) is 2.61. The quantitative estimate of drug-likeness (QED) is 0.752. The summed E-state index contributed by atoms with van der Waals surface area (Å²) in [6.07, 6.45) is 1.68. The van der Waals surface area contributed by atoms with E-state index in [9.17, 15) is 0 Å². The third kappa shape index (κ3) is 4.59. The third-order valence-electron chi connectivity index (χ3n) is 1.86. The van der Waals surface area contributed by atoms with E-state index in [1.54, 1.807) is 13.3 Å². The molecule has 0 radical (unpaired) electrons. The van der Waals surface area contributed by atoms with Crippen LogP contribution in [0.25, 0.3) is 0 Å². The first kappa shape index (κ1) is 12.9. The van der Waals surface area contributed by atoms with E-state index in [0.717, 1.165) is 5.76 Å². The van der Waals surface area contributed by atoms with Crippen molar-refractivity contribution in [3.05, 3.63) is 17.8 Å². The van der Waals surface area contributed by atoms with Crippen LogP contribution < -0.4 is 10.6 Å². The molecule has 0 aliphatic rings. The molecule has 0 saturated carbocycles. The van der Waals surface area contributed by atoms with Crippen LogP contribution >= 0.6 is 12.2 Å². The molecule has 6 heteroatoms. The number of nitrogens with zero attached hydrogens (tertiary/aromatic N) is 1. The number of methoxy groups -OCH3 is 1. The number of ether oxygens (including phenoxy) is 1. The van der Waals surface area contributed by atoms with E-state index in [4.69, 9.17) is 21.4 Å². The van der Waals surface area contributed by atoms with Gasteiger partial charge in [0.05, 0.1) is 19.3 Å². The zero-order chi connectivity index (χ0) is 12.0. The molecule has 0 aromatic carbocycles. The molecule has 2 N–H and O–H groups in total. The van der Waals surface area contributed by atoms with E-state index in [-0.39, 0.29) is 6.04 Å². The number of oxazole rings is 1. The van der Waals surface area contributed by atoms with Crippen LogP contribution in [0.15, 0.2) is 10.6 Å². The van der Waals surface area contributed by atoms with E-state index in [1.807, 2.05) is 13.8 Å². The van der Waals surface area contributed by atoms with Crippen molar-refractivity contribution in [1.29, 1.82) is 0 Å². The fourth-order valence-corrected chi connectivity index (χ4v) is 1.48. The highest BCUT2D eigenvalue weighted by Crippen LogP contribution is 2.00. The molecule has 0 fully saturated rings. The smallest absolute Gasteiger partial charge is 0.213 e. The van der Waals surface area contributed by atoms with Crippen molar-refractivity contribution in [2.24, 2.45) is 0 Å². The summed E-state index contributed by atoms with van der Waals surface area (Å²) in [5.41, 5.74) is 0. The van der Waals surface area contributed by atoms with Crippen LogP contribution in [0.1, 0.15) is 18.6 Å². The van der Waals surface area contributed by atoms with Crippen LogP contribution in [0.4, 0.5) is 0 Å². The molecule has 1 aromatic heterocycles. The first-order chi connectivity index (χ1) is 7.61. The lowest BCUT2D eigenvalue weighted by molar-refractivity contribution is 0.179. The summed E-state index contributed by atoms with van der Waals surface area (Å²) >= 11 is 5.10. The largest absolute Gasteiger partial charge is 0.444 e. The highest BCUT2D eigenvalue weighted by atomic mass is 32.1. The molecule has 1 aromatic rings. The molecule has 0 bridgehead atoms. The lowest BCUT2D eigenvalue weighted by atomic mass is 10.4. The van der Waals surface area contributed by atoms with Gasteiger partial charge in [-0.2, -0.15) is 0 Å². The van der Waals surface area contributed by atoms with Gasteiger partial charge in [0.1, 0.15) is 5.76 Å². The monoisotopic (exact) mass is 243 g/mol. The molecule has 0 amide bonds. The first-order valence-electron chi connectivity index (χ1n) is 5.06. The Hall–Kier alpha value is -1.14. The predicted molar refractivity (Wildman–Crippen MR) is 65.2 cm³/mol. The average molecular weight is 243 g/mol. The molecule has 0 saturated heterocycles. The lowest BCUT2D eigenvalue weighted by Gasteiger charge is -2.15. The molecule has 1 unspecified atom stereocenters. The van der Waals surface area contributed by atoms with Crippen molar-refractivity contribution in [2.75, 3.05) is 13.7 Å². The fraction of sp³-hybridized carbons (Fsp3) is 0.600. The summed E-state index contributed by atoms with van der Waals surface area (Å²) in [4.78, 5) is 4.06. The normalized spacial score (nSPS) is 12.2. The minimum atomic E-state index is 0.177. The van der Waals surface area contributed by atoms with Gasteiger partial charge in [-0.05, 0) is 26.1 Å². The molecule has 1 atom stereocenters. The van der Waals surface area contributed by atoms with Crippen LogP contribution in [-0.2, 0) is 11.3 Å². The van der Waals surface area contributed by atoms with Gasteiger partial charge in [-0.3, -0.25) is 0 Å². The summed E-state index contributed by atoms with van der Waals surface area (Å²) in [5, 5.41) is 6.66. The standard InChI is InChI=1S/C10H17N3O2S/c1-7(6-14-3)13-10(16)12-5-9-11-4-8(2)15-9/h4,7H,5-6H2,1-3H3,(H2,12,13,16). The van der Waals surface area contributed by atoms with E-state index in [1.165, 1.54) is 0 Å². The van der Waals surface area contributed by atoms with Gasteiger partial charge in [-0.25, -0.2) is 4.98 Å². The van der Waals surface area contributed by atoms with Gasteiger partial charge in [0.25, 0.3) is 0 Å². The minimum Gasteiger partial charge on any atom is -0.444 e. The molecule has 0 aliphatic heterocycles. The number of rotatable bonds is 5. The molecule has 1 heterocycles. The van der Waals surface area contributed by atoms with Gasteiger partial charge < -0.3 is 19.8 Å². The van der Waals surface area contributed by atoms with E-state index in [0.29, 0.717) is 24.2 Å². The van der Waals surface area contributed by atoms with E-state index < -0.39 is 0 Å². The van der Waals surface area contributed by atoms with Gasteiger partial charge in [0.2, 0.25) is 5.89 Å². The maximum absolute atomic E-state index is 5.30. The van der Waals surface area contributed by atoms with E-state index in [2.05, 4.69) is 15.6 Å². The first-order valence-corrected chi connectivity index (χ1v) is 5.47. The minimum absolute atomic E-state index is 0.177. The van der Waals surface area contributed by atoms with Crippen LogP contribution in [0.3, 0.4) is 0 Å². The highest BCUT2D eigenvalue weighted by molar-refractivity contribution is 7.80. The summed E-state index contributed by atoms with van der Waals surface area (Å²) < 4.78 is 10.3. The molecule has 1 rings (SSSR count). The summed E-state index contributed by atoms with van der Waals surface area (Å²) in [6, 6.07) is 0.177. The number of nitrogens with one attached hydrogen (secondary N) is 2. The number of hydrogen-bond donors (Lipinski definition) is 2. The summed E-state index contributed by atoms with van der Waals surface area (Å²) in [6.45, 7) is 4.94. The van der Waals surface area contributed by atoms with Crippen LogP contribution in [-0.4, -0.2) is 29.9 Å². The number of hydrogen-bond acceptors (Lipinski definition) is 4. The van der Waals surface area contributed by atoms with Crippen molar-refractivity contribution in [1.82, 2.24) is 15.6 Å². The van der Waals surface area contributed by atoms with Crippen molar-refractivity contribution in [3.63, 3.8) is 0 Å². The van der Waals surface area contributed by atoms with E-state index >= 15 is 0 Å². The Morgan fingerprint density at radius 1 is 1.69 bits per heavy atom. The van der Waals surface area contributed by atoms with Gasteiger partial charge in [0, 0.05) is 13.2 Å². The van der Waals surface area contributed by atoms with Gasteiger partial charge >= 0.3 is 0 Å². The van der Waals surface area contributed by atoms with Crippen LogP contribution in [0.2, 0.25) is 0 Å². The van der Waals surface area contributed by atoms with Crippen molar-refractivity contribution < 1.29 is 9.15 Å². The van der Waals surface area contributed by atoms with Gasteiger partial charge in [-0.15, -0.1) is 0 Å². The number of aryl methyl sites for hydroxylation is 1. The summed E-state index contributed by atoms with van der Waals surface area (Å²) in [5.74, 6) is 1.42. The van der Waals surface area contributed by atoms with Crippen LogP contribution in [0.5, 0.6) is 0 Å². The topological polar surface area (TPSA) is 59.3 Å².